The lowest BCUT2D eigenvalue weighted by molar-refractivity contribution is -0.115. The maximum atomic E-state index is 14.1. The number of amides is 1. The van der Waals surface area contributed by atoms with Gasteiger partial charge in [-0.3, -0.25) is 9.79 Å². The number of fused-ring (bicyclic) bond motifs is 1. The summed E-state index contributed by atoms with van der Waals surface area (Å²) in [5, 5.41) is 2.71. The van der Waals surface area contributed by atoms with Gasteiger partial charge in [-0.25, -0.2) is 4.39 Å². The molecule has 0 radical (unpaired) electrons. The zero-order valence-corrected chi connectivity index (χ0v) is 15.3. The molecule has 4 nitrogen and oxygen atoms in total. The van der Waals surface area contributed by atoms with E-state index in [1.54, 1.807) is 12.1 Å². The van der Waals surface area contributed by atoms with Crippen molar-refractivity contribution in [3.63, 3.8) is 0 Å². The maximum Gasteiger partial charge on any atom is 0.237 e. The van der Waals surface area contributed by atoms with Crippen LogP contribution >= 0.6 is 0 Å². The first kappa shape index (κ1) is 17.9. The SMILES string of the molecule is O=C1Nc2cccc(F)c2C1C=Nc1ccc(CCN2CCCCC2)cc1. The van der Waals surface area contributed by atoms with Crippen LogP contribution in [0.1, 0.15) is 36.3 Å². The van der Waals surface area contributed by atoms with Crippen LogP contribution in [0.5, 0.6) is 0 Å². The van der Waals surface area contributed by atoms with Gasteiger partial charge in [0.15, 0.2) is 0 Å². The Kier molecular flexibility index (Phi) is 5.30. The fourth-order valence-electron chi connectivity index (χ4n) is 3.83. The highest BCUT2D eigenvalue weighted by molar-refractivity contribution is 6.12. The molecule has 27 heavy (non-hydrogen) atoms. The predicted octanol–water partition coefficient (Wildman–Crippen LogP) is 4.29. The second-order valence-corrected chi connectivity index (χ2v) is 7.26. The highest BCUT2D eigenvalue weighted by Gasteiger charge is 2.31. The van der Waals surface area contributed by atoms with Gasteiger partial charge in [-0.15, -0.1) is 0 Å². The summed E-state index contributed by atoms with van der Waals surface area (Å²) < 4.78 is 14.1. The summed E-state index contributed by atoms with van der Waals surface area (Å²) in [4.78, 5) is 19.1. The topological polar surface area (TPSA) is 44.7 Å². The summed E-state index contributed by atoms with van der Waals surface area (Å²) in [7, 11) is 0. The predicted molar refractivity (Wildman–Crippen MR) is 106 cm³/mol. The number of nitrogens with one attached hydrogen (secondary N) is 1. The Hall–Kier alpha value is -2.53. The molecule has 0 saturated carbocycles. The Labute approximate surface area is 159 Å². The van der Waals surface area contributed by atoms with E-state index >= 15 is 0 Å². The number of benzene rings is 2. The molecule has 1 fully saturated rings. The molecule has 0 aromatic heterocycles. The fourth-order valence-corrected chi connectivity index (χ4v) is 3.83. The lowest BCUT2D eigenvalue weighted by Gasteiger charge is -2.26. The number of aliphatic imine (C=N–C) groups is 1. The number of halogens is 1. The number of hydrogen-bond donors (Lipinski definition) is 1. The third-order valence-corrected chi connectivity index (χ3v) is 5.38. The number of nitrogens with zero attached hydrogens (tertiary/aromatic N) is 2. The molecule has 1 saturated heterocycles. The Balaban J connectivity index is 1.39. The zero-order chi connectivity index (χ0) is 18.6. The molecule has 0 aliphatic carbocycles. The number of anilines is 1. The van der Waals surface area contributed by atoms with Gasteiger partial charge in [0, 0.05) is 24.0 Å². The van der Waals surface area contributed by atoms with Gasteiger partial charge in [0.05, 0.1) is 5.69 Å². The van der Waals surface area contributed by atoms with Gasteiger partial charge in [-0.2, -0.15) is 0 Å². The Bertz CT molecular complexity index is 841. The summed E-state index contributed by atoms with van der Waals surface area (Å²) in [5.74, 6) is -1.30. The van der Waals surface area contributed by atoms with Gasteiger partial charge < -0.3 is 10.2 Å². The lowest BCUT2D eigenvalue weighted by atomic mass is 10.0. The molecule has 4 rings (SSSR count). The summed E-state index contributed by atoms with van der Waals surface area (Å²) >= 11 is 0. The van der Waals surface area contributed by atoms with Crippen LogP contribution in [-0.2, 0) is 11.2 Å². The first-order chi connectivity index (χ1) is 13.2. The van der Waals surface area contributed by atoms with Crippen LogP contribution in [0.2, 0.25) is 0 Å². The minimum atomic E-state index is -0.681. The van der Waals surface area contributed by atoms with Crippen molar-refractivity contribution in [2.24, 2.45) is 4.99 Å². The van der Waals surface area contributed by atoms with E-state index in [2.05, 4.69) is 27.3 Å². The maximum absolute atomic E-state index is 14.1. The van der Waals surface area contributed by atoms with Crippen molar-refractivity contribution in [3.05, 3.63) is 59.4 Å². The van der Waals surface area contributed by atoms with Crippen molar-refractivity contribution in [2.45, 2.75) is 31.6 Å². The fraction of sp³-hybridized carbons (Fsp3) is 0.364. The smallest absolute Gasteiger partial charge is 0.237 e. The van der Waals surface area contributed by atoms with Crippen LogP contribution in [0.4, 0.5) is 15.8 Å². The molecular formula is C22H24FN3O. The first-order valence-electron chi connectivity index (χ1n) is 9.65. The minimum Gasteiger partial charge on any atom is -0.325 e. The van der Waals surface area contributed by atoms with E-state index < -0.39 is 5.92 Å². The van der Waals surface area contributed by atoms with Crippen molar-refractivity contribution in [1.29, 1.82) is 0 Å². The summed E-state index contributed by atoms with van der Waals surface area (Å²) in [6.45, 7) is 3.52. The van der Waals surface area contributed by atoms with Crippen molar-refractivity contribution >= 4 is 23.5 Å². The van der Waals surface area contributed by atoms with Gasteiger partial charge in [-0.1, -0.05) is 24.6 Å². The van der Waals surface area contributed by atoms with Crippen molar-refractivity contribution < 1.29 is 9.18 Å². The number of likely N-dealkylation sites (tertiary alicyclic amines) is 1. The van der Waals surface area contributed by atoms with Crippen molar-refractivity contribution in [1.82, 2.24) is 4.90 Å². The quantitative estimate of drug-likeness (QED) is 0.803. The monoisotopic (exact) mass is 365 g/mol. The van der Waals surface area contributed by atoms with E-state index in [1.165, 1.54) is 50.2 Å². The Morgan fingerprint density at radius 3 is 2.67 bits per heavy atom. The largest absolute Gasteiger partial charge is 0.325 e. The molecule has 2 aliphatic rings. The van der Waals surface area contributed by atoms with Gasteiger partial charge in [0.1, 0.15) is 11.7 Å². The molecule has 1 atom stereocenters. The lowest BCUT2D eigenvalue weighted by Crippen LogP contribution is -2.31. The van der Waals surface area contributed by atoms with Crippen LogP contribution in [0.15, 0.2) is 47.5 Å². The van der Waals surface area contributed by atoms with Crippen molar-refractivity contribution in [3.8, 4) is 0 Å². The highest BCUT2D eigenvalue weighted by atomic mass is 19.1. The molecule has 0 bridgehead atoms. The number of carbonyl (C=O) groups excluding carboxylic acids is 1. The van der Waals surface area contributed by atoms with E-state index in [4.69, 9.17) is 0 Å². The zero-order valence-electron chi connectivity index (χ0n) is 15.3. The molecule has 0 spiro atoms. The first-order valence-corrected chi connectivity index (χ1v) is 9.65. The molecule has 5 heteroatoms. The van der Waals surface area contributed by atoms with E-state index in [-0.39, 0.29) is 11.7 Å². The Morgan fingerprint density at radius 1 is 1.11 bits per heavy atom. The normalized spacial score (nSPS) is 20.0. The summed E-state index contributed by atoms with van der Waals surface area (Å²) in [5.41, 5.74) is 2.97. The third-order valence-electron chi connectivity index (χ3n) is 5.38. The average Bonchev–Trinajstić information content (AvgIpc) is 3.03. The molecule has 1 unspecified atom stereocenters. The molecule has 140 valence electrons. The molecule has 1 N–H and O–H groups in total. The van der Waals surface area contributed by atoms with Crippen LogP contribution < -0.4 is 5.32 Å². The van der Waals surface area contributed by atoms with Gasteiger partial charge in [0.25, 0.3) is 0 Å². The molecule has 2 aliphatic heterocycles. The van der Waals surface area contributed by atoms with Crippen LogP contribution in [0.25, 0.3) is 0 Å². The second-order valence-electron chi connectivity index (χ2n) is 7.26. The standard InChI is InChI=1S/C22H24FN3O/c23-19-5-4-6-20-21(19)18(22(27)25-20)15-24-17-9-7-16(8-10-17)11-14-26-12-2-1-3-13-26/h4-10,15,18H,1-3,11-14H2,(H,25,27). The number of piperidine rings is 1. The third kappa shape index (κ3) is 4.08. The number of rotatable bonds is 5. The van der Waals surface area contributed by atoms with E-state index in [0.717, 1.165) is 18.7 Å². The summed E-state index contributed by atoms with van der Waals surface area (Å²) in [6.07, 6.45) is 6.55. The van der Waals surface area contributed by atoms with Crippen LogP contribution in [0, 0.1) is 5.82 Å². The summed E-state index contributed by atoms with van der Waals surface area (Å²) in [6, 6.07) is 12.8. The van der Waals surface area contributed by atoms with Crippen molar-refractivity contribution in [2.75, 3.05) is 25.0 Å². The Morgan fingerprint density at radius 2 is 1.89 bits per heavy atom. The van der Waals surface area contributed by atoms with Gasteiger partial charge in [0.2, 0.25) is 5.91 Å². The van der Waals surface area contributed by atoms with Gasteiger partial charge in [-0.05, 0) is 62.2 Å². The molecular weight excluding hydrogens is 341 g/mol. The van der Waals surface area contributed by atoms with Crippen LogP contribution in [-0.4, -0.2) is 36.7 Å². The molecule has 1 amide bonds. The van der Waals surface area contributed by atoms with E-state index in [9.17, 15) is 9.18 Å². The van der Waals surface area contributed by atoms with Crippen LogP contribution in [0.3, 0.4) is 0 Å². The minimum absolute atomic E-state index is 0.239. The number of carbonyl (C=O) groups is 1. The van der Waals surface area contributed by atoms with E-state index in [1.807, 2.05) is 12.1 Å². The molecule has 2 aromatic carbocycles. The molecule has 2 heterocycles. The number of hydrogen-bond acceptors (Lipinski definition) is 3. The highest BCUT2D eigenvalue weighted by Crippen LogP contribution is 2.33. The van der Waals surface area contributed by atoms with E-state index in [0.29, 0.717) is 11.3 Å². The second kappa shape index (κ2) is 8.01. The van der Waals surface area contributed by atoms with Gasteiger partial charge >= 0.3 is 0 Å². The average molecular weight is 365 g/mol. The molecule has 2 aromatic rings.